The molecule has 0 aromatic carbocycles. The Morgan fingerprint density at radius 2 is 1.89 bits per heavy atom. The van der Waals surface area contributed by atoms with E-state index in [-0.39, 0.29) is 6.10 Å². The predicted octanol–water partition coefficient (Wildman–Crippen LogP) is 2.10. The number of rotatable bonds is 3. The van der Waals surface area contributed by atoms with Crippen LogP contribution in [-0.4, -0.2) is 19.8 Å². The summed E-state index contributed by atoms with van der Waals surface area (Å²) in [5.41, 5.74) is 0. The van der Waals surface area contributed by atoms with Gasteiger partial charge in [-0.15, -0.1) is 0 Å². The van der Waals surface area contributed by atoms with Gasteiger partial charge in [-0.05, 0) is 26.6 Å². The van der Waals surface area contributed by atoms with Crippen LogP contribution in [0.3, 0.4) is 0 Å². The van der Waals surface area contributed by atoms with E-state index in [9.17, 15) is 0 Å². The summed E-state index contributed by atoms with van der Waals surface area (Å²) >= 11 is 4.59. The predicted molar refractivity (Wildman–Crippen MR) is 46.5 cm³/mol. The maximum absolute atomic E-state index is 5.51. The average molecular weight is 161 g/mol. The van der Waals surface area contributed by atoms with E-state index in [1.165, 1.54) is 0 Å². The number of hydrogen-bond donors (Lipinski definition) is 0. The van der Waals surface area contributed by atoms with Gasteiger partial charge in [-0.2, -0.15) is 0 Å². The van der Waals surface area contributed by atoms with Gasteiger partial charge in [-0.3, -0.25) is 0 Å². The maximum atomic E-state index is 5.51. The molecule has 0 heterocycles. The molecule has 1 radical (unpaired) electrons. The second-order valence-corrected chi connectivity index (χ2v) is 7.69. The molecule has 0 aliphatic heterocycles. The van der Waals surface area contributed by atoms with E-state index in [1.807, 2.05) is 6.92 Å². The quantitative estimate of drug-likeness (QED) is 0.463. The molecular weight excluding hydrogens is 148 g/mol. The Bertz CT molecular complexity index is 97.7. The van der Waals surface area contributed by atoms with Crippen molar-refractivity contribution < 1.29 is 4.43 Å². The van der Waals surface area contributed by atoms with Crippen LogP contribution in [0, 0.1) is 0 Å². The van der Waals surface area contributed by atoms with Crippen molar-refractivity contribution in [2.75, 3.05) is 0 Å². The molecule has 0 aliphatic rings. The van der Waals surface area contributed by atoms with Crippen LogP contribution >= 0.6 is 12.2 Å². The van der Waals surface area contributed by atoms with Gasteiger partial charge in [0, 0.05) is 0 Å². The van der Waals surface area contributed by atoms with Crippen molar-refractivity contribution in [1.29, 1.82) is 0 Å². The summed E-state index contributed by atoms with van der Waals surface area (Å²) in [4.78, 5) is 0. The van der Waals surface area contributed by atoms with Crippen molar-refractivity contribution in [2.45, 2.75) is 32.7 Å². The second-order valence-electron chi connectivity index (χ2n) is 2.99. The molecule has 9 heavy (non-hydrogen) atoms. The molecule has 0 saturated carbocycles. The summed E-state index contributed by atoms with van der Waals surface area (Å²) in [6, 6.07) is 0. The summed E-state index contributed by atoms with van der Waals surface area (Å²) in [5.74, 6) is 0. The maximum Gasteiger partial charge on any atom is 0.184 e. The molecule has 0 N–H and O–H groups in total. The van der Waals surface area contributed by atoms with E-state index < -0.39 is 8.32 Å². The molecule has 1 unspecified atom stereocenters. The Morgan fingerprint density at radius 3 is 2.00 bits per heavy atom. The van der Waals surface area contributed by atoms with Gasteiger partial charge in [0.2, 0.25) is 0 Å². The fourth-order valence-corrected chi connectivity index (χ4v) is 1.81. The highest BCUT2D eigenvalue weighted by atomic mass is 32.1. The molecule has 53 valence electrons. The van der Waals surface area contributed by atoms with Gasteiger partial charge in [-0.1, -0.05) is 12.2 Å². The minimum atomic E-state index is -1.37. The lowest BCUT2D eigenvalue weighted by atomic mass is 10.5. The molecule has 0 fully saturated rings. The molecule has 0 bridgehead atoms. The molecule has 0 aromatic rings. The smallest absolute Gasteiger partial charge is 0.184 e. The lowest BCUT2D eigenvalue weighted by Crippen LogP contribution is -2.30. The Hall–Kier alpha value is 0.267. The normalized spacial score (nSPS) is 15.1. The van der Waals surface area contributed by atoms with Gasteiger partial charge in [0.15, 0.2) is 8.32 Å². The monoisotopic (exact) mass is 161 g/mol. The van der Waals surface area contributed by atoms with E-state index in [1.54, 1.807) is 0 Å². The molecule has 0 spiro atoms. The Balaban J connectivity index is 3.59. The summed E-state index contributed by atoms with van der Waals surface area (Å²) < 4.78 is 5.51. The minimum absolute atomic E-state index is 0.0201. The zero-order valence-electron chi connectivity index (χ0n) is 6.39. The van der Waals surface area contributed by atoms with Crippen LogP contribution in [0.4, 0.5) is 0 Å². The first-order valence-electron chi connectivity index (χ1n) is 3.01. The van der Waals surface area contributed by atoms with Crippen LogP contribution < -0.4 is 0 Å². The Labute approximate surface area is 63.5 Å². The van der Waals surface area contributed by atoms with E-state index in [0.717, 1.165) is 0 Å². The van der Waals surface area contributed by atoms with Crippen molar-refractivity contribution >= 4 is 25.9 Å². The summed E-state index contributed by atoms with van der Waals surface area (Å²) in [6.45, 7) is 8.33. The van der Waals surface area contributed by atoms with E-state index in [2.05, 4.69) is 37.2 Å². The van der Waals surface area contributed by atoms with Crippen molar-refractivity contribution in [3.8, 4) is 0 Å². The fraction of sp³-hybridized carbons (Fsp3) is 0.833. The third-order valence-electron chi connectivity index (χ3n) is 0.696. The third kappa shape index (κ3) is 6.15. The van der Waals surface area contributed by atoms with Gasteiger partial charge in [0.25, 0.3) is 0 Å². The number of hydrogen-bond acceptors (Lipinski definition) is 2. The summed E-state index contributed by atoms with van der Waals surface area (Å²) in [5, 5.41) is 2.62. The lowest BCUT2D eigenvalue weighted by molar-refractivity contribution is 0.287. The topological polar surface area (TPSA) is 9.23 Å². The lowest BCUT2D eigenvalue weighted by Gasteiger charge is -2.19. The van der Waals surface area contributed by atoms with Gasteiger partial charge < -0.3 is 4.43 Å². The van der Waals surface area contributed by atoms with Crippen LogP contribution in [0.2, 0.25) is 19.6 Å². The molecule has 0 rings (SSSR count). The zero-order valence-corrected chi connectivity index (χ0v) is 8.21. The first-order chi connectivity index (χ1) is 3.95. The highest BCUT2D eigenvalue weighted by Gasteiger charge is 2.16. The highest BCUT2D eigenvalue weighted by Crippen LogP contribution is 2.05. The summed E-state index contributed by atoms with van der Waals surface area (Å²) in [6.07, 6.45) is 0.0201. The first kappa shape index (κ1) is 9.27. The molecule has 0 amide bonds. The largest absolute Gasteiger partial charge is 0.410 e. The zero-order chi connectivity index (χ0) is 7.49. The summed E-state index contributed by atoms with van der Waals surface area (Å²) in [7, 11) is -1.37. The van der Waals surface area contributed by atoms with Gasteiger partial charge in [-0.25, -0.2) is 0 Å². The molecule has 0 aliphatic carbocycles. The van der Waals surface area contributed by atoms with Crippen molar-refractivity contribution in [1.82, 2.24) is 0 Å². The third-order valence-corrected chi connectivity index (χ3v) is 2.09. The molecule has 1 atom stereocenters. The van der Waals surface area contributed by atoms with E-state index >= 15 is 0 Å². The standard InChI is InChI=1S/C6H13OSSi/c1-6(5-8)7-9(2,3)4/h6H,1-4H3. The van der Waals surface area contributed by atoms with Gasteiger partial charge in [0.05, 0.1) is 11.5 Å². The van der Waals surface area contributed by atoms with Crippen LogP contribution in [0.1, 0.15) is 6.92 Å². The molecule has 3 heteroatoms. The van der Waals surface area contributed by atoms with Crippen LogP contribution in [0.25, 0.3) is 0 Å². The van der Waals surface area contributed by atoms with Crippen molar-refractivity contribution in [3.05, 3.63) is 0 Å². The van der Waals surface area contributed by atoms with Crippen LogP contribution in [0.5, 0.6) is 0 Å². The molecular formula is C6H13OSSi. The number of thiocarbonyl (C=S) groups is 1. The Morgan fingerprint density at radius 1 is 1.44 bits per heavy atom. The van der Waals surface area contributed by atoms with Crippen LogP contribution in [0.15, 0.2) is 0 Å². The highest BCUT2D eigenvalue weighted by molar-refractivity contribution is 7.79. The molecule has 1 nitrogen and oxygen atoms in total. The molecule has 0 saturated heterocycles. The second kappa shape index (κ2) is 3.44. The van der Waals surface area contributed by atoms with E-state index in [0.29, 0.717) is 0 Å². The minimum Gasteiger partial charge on any atom is -0.410 e. The SMILES string of the molecule is CC([C]=S)O[Si](C)(C)C. The van der Waals surface area contributed by atoms with E-state index in [4.69, 9.17) is 4.43 Å². The Kier molecular flexibility index (Phi) is 3.54. The fourth-order valence-electron chi connectivity index (χ4n) is 0.554. The van der Waals surface area contributed by atoms with Crippen molar-refractivity contribution in [2.24, 2.45) is 0 Å². The average Bonchev–Trinajstić information content (AvgIpc) is 1.62. The first-order valence-corrected chi connectivity index (χ1v) is 6.83. The van der Waals surface area contributed by atoms with Crippen molar-refractivity contribution in [3.63, 3.8) is 0 Å². The van der Waals surface area contributed by atoms with Gasteiger partial charge >= 0.3 is 0 Å². The van der Waals surface area contributed by atoms with Gasteiger partial charge in [0.1, 0.15) is 0 Å². The molecule has 0 aromatic heterocycles. The van der Waals surface area contributed by atoms with Crippen LogP contribution in [-0.2, 0) is 4.43 Å².